The fourth-order valence-electron chi connectivity index (χ4n) is 2.43. The van der Waals surface area contributed by atoms with Crippen molar-refractivity contribution in [2.24, 2.45) is 5.73 Å². The van der Waals surface area contributed by atoms with E-state index in [2.05, 4.69) is 9.55 Å². The van der Waals surface area contributed by atoms with Crippen LogP contribution in [0.1, 0.15) is 51.3 Å². The van der Waals surface area contributed by atoms with Gasteiger partial charge in [0.25, 0.3) is 0 Å². The molecule has 3 N–H and O–H groups in total. The van der Waals surface area contributed by atoms with Crippen molar-refractivity contribution < 1.29 is 5.11 Å². The van der Waals surface area contributed by atoms with Gasteiger partial charge in [0, 0.05) is 12.2 Å². The predicted molar refractivity (Wildman–Crippen MR) is 63.0 cm³/mol. The van der Waals surface area contributed by atoms with E-state index in [1.54, 1.807) is 0 Å². The lowest BCUT2D eigenvalue weighted by Crippen LogP contribution is -2.33. The van der Waals surface area contributed by atoms with E-state index in [-0.39, 0.29) is 11.6 Å². The number of aliphatic hydroxyl groups is 1. The maximum absolute atomic E-state index is 9.50. The van der Waals surface area contributed by atoms with Gasteiger partial charge in [0.15, 0.2) is 0 Å². The van der Waals surface area contributed by atoms with Gasteiger partial charge in [-0.05, 0) is 39.5 Å². The van der Waals surface area contributed by atoms with Gasteiger partial charge < -0.3 is 15.4 Å². The second-order valence-electron chi connectivity index (χ2n) is 5.37. The van der Waals surface area contributed by atoms with Gasteiger partial charge in [-0.2, -0.15) is 0 Å². The summed E-state index contributed by atoms with van der Waals surface area (Å²) in [5, 5.41) is 9.50. The highest BCUT2D eigenvalue weighted by atomic mass is 16.3. The molecule has 0 amide bonds. The zero-order chi connectivity index (χ0) is 11.8. The van der Waals surface area contributed by atoms with Crippen molar-refractivity contribution in [1.82, 2.24) is 9.55 Å². The number of aliphatic hydroxyl groups excluding tert-OH is 1. The molecule has 4 heteroatoms. The van der Waals surface area contributed by atoms with Crippen molar-refractivity contribution in [3.05, 3.63) is 18.2 Å². The van der Waals surface area contributed by atoms with Gasteiger partial charge in [0.05, 0.1) is 23.7 Å². The highest BCUT2D eigenvalue weighted by molar-refractivity contribution is 5.11. The third-order valence-electron chi connectivity index (χ3n) is 3.39. The Balaban J connectivity index is 2.18. The molecule has 90 valence electrons. The van der Waals surface area contributed by atoms with E-state index in [0.717, 1.165) is 31.4 Å². The van der Waals surface area contributed by atoms with Crippen LogP contribution in [0.2, 0.25) is 0 Å². The highest BCUT2D eigenvalue weighted by Gasteiger charge is 2.26. The van der Waals surface area contributed by atoms with Gasteiger partial charge in [0.1, 0.15) is 0 Å². The summed E-state index contributed by atoms with van der Waals surface area (Å²) >= 11 is 0. The Labute approximate surface area is 96.5 Å². The van der Waals surface area contributed by atoms with Gasteiger partial charge >= 0.3 is 0 Å². The van der Waals surface area contributed by atoms with E-state index in [4.69, 9.17) is 5.73 Å². The van der Waals surface area contributed by atoms with Crippen LogP contribution in [-0.4, -0.2) is 20.8 Å². The van der Waals surface area contributed by atoms with Crippen LogP contribution in [0.3, 0.4) is 0 Å². The number of rotatable bonds is 2. The SMILES string of the molecule is CC(C)(N)c1cncn1C1CCC(O)CC1. The van der Waals surface area contributed by atoms with Crippen LogP contribution in [0, 0.1) is 0 Å². The summed E-state index contributed by atoms with van der Waals surface area (Å²) in [6, 6.07) is 0.448. The second kappa shape index (κ2) is 4.18. The van der Waals surface area contributed by atoms with Crippen molar-refractivity contribution in [3.63, 3.8) is 0 Å². The molecule has 1 fully saturated rings. The first-order valence-corrected chi connectivity index (χ1v) is 5.97. The van der Waals surface area contributed by atoms with Crippen molar-refractivity contribution >= 4 is 0 Å². The summed E-state index contributed by atoms with van der Waals surface area (Å²) in [4.78, 5) is 4.20. The van der Waals surface area contributed by atoms with Crippen molar-refractivity contribution in [2.75, 3.05) is 0 Å². The molecular formula is C12H21N3O. The second-order valence-corrected chi connectivity index (χ2v) is 5.37. The summed E-state index contributed by atoms with van der Waals surface area (Å²) in [6.07, 6.45) is 7.40. The molecule has 0 unspecified atom stereocenters. The molecule has 16 heavy (non-hydrogen) atoms. The highest BCUT2D eigenvalue weighted by Crippen LogP contribution is 2.31. The first-order chi connectivity index (χ1) is 7.48. The molecule has 0 radical (unpaired) electrons. The van der Waals surface area contributed by atoms with E-state index in [0.29, 0.717) is 6.04 Å². The molecule has 4 nitrogen and oxygen atoms in total. The first-order valence-electron chi connectivity index (χ1n) is 5.97. The molecular weight excluding hydrogens is 202 g/mol. The average Bonchev–Trinajstić information content (AvgIpc) is 2.66. The normalized spacial score (nSPS) is 27.0. The van der Waals surface area contributed by atoms with Crippen LogP contribution in [0.15, 0.2) is 12.5 Å². The molecule has 1 aliphatic carbocycles. The topological polar surface area (TPSA) is 64.1 Å². The van der Waals surface area contributed by atoms with Gasteiger partial charge in [-0.15, -0.1) is 0 Å². The number of nitrogens with two attached hydrogens (primary N) is 1. The van der Waals surface area contributed by atoms with Crippen LogP contribution in [0.25, 0.3) is 0 Å². The zero-order valence-corrected chi connectivity index (χ0v) is 10.1. The largest absolute Gasteiger partial charge is 0.393 e. The van der Waals surface area contributed by atoms with E-state index >= 15 is 0 Å². The number of hydrogen-bond donors (Lipinski definition) is 2. The minimum Gasteiger partial charge on any atom is -0.393 e. The van der Waals surface area contributed by atoms with Crippen LogP contribution in [-0.2, 0) is 5.54 Å². The Morgan fingerprint density at radius 3 is 2.56 bits per heavy atom. The van der Waals surface area contributed by atoms with E-state index in [1.165, 1.54) is 0 Å². The Morgan fingerprint density at radius 2 is 2.00 bits per heavy atom. The molecule has 0 atom stereocenters. The molecule has 0 aromatic carbocycles. The Morgan fingerprint density at radius 1 is 1.38 bits per heavy atom. The summed E-state index contributed by atoms with van der Waals surface area (Å²) in [5.41, 5.74) is 6.85. The minimum absolute atomic E-state index is 0.117. The maximum Gasteiger partial charge on any atom is 0.0951 e. The summed E-state index contributed by atoms with van der Waals surface area (Å²) in [6.45, 7) is 4.00. The Bertz CT molecular complexity index is 345. The fourth-order valence-corrected chi connectivity index (χ4v) is 2.43. The summed E-state index contributed by atoms with van der Waals surface area (Å²) in [7, 11) is 0. The zero-order valence-electron chi connectivity index (χ0n) is 10.1. The first kappa shape index (κ1) is 11.6. The van der Waals surface area contributed by atoms with Crippen LogP contribution in [0.4, 0.5) is 0 Å². The molecule has 0 saturated heterocycles. The van der Waals surface area contributed by atoms with E-state index in [1.807, 2.05) is 26.4 Å². The van der Waals surface area contributed by atoms with Crippen molar-refractivity contribution in [1.29, 1.82) is 0 Å². The van der Waals surface area contributed by atoms with Crippen LogP contribution in [0.5, 0.6) is 0 Å². The third-order valence-corrected chi connectivity index (χ3v) is 3.39. The smallest absolute Gasteiger partial charge is 0.0951 e. The lowest BCUT2D eigenvalue weighted by atomic mass is 9.92. The number of nitrogens with zero attached hydrogens (tertiary/aromatic N) is 2. The third kappa shape index (κ3) is 2.28. The predicted octanol–water partition coefficient (Wildman–Crippen LogP) is 1.55. The van der Waals surface area contributed by atoms with Gasteiger partial charge in [-0.3, -0.25) is 0 Å². The van der Waals surface area contributed by atoms with E-state index in [9.17, 15) is 5.11 Å². The molecule has 2 rings (SSSR count). The van der Waals surface area contributed by atoms with Crippen molar-refractivity contribution in [3.8, 4) is 0 Å². The molecule has 0 spiro atoms. The lowest BCUT2D eigenvalue weighted by molar-refractivity contribution is 0.109. The van der Waals surface area contributed by atoms with E-state index < -0.39 is 0 Å². The van der Waals surface area contributed by atoms with Gasteiger partial charge in [-0.1, -0.05) is 0 Å². The minimum atomic E-state index is -0.355. The molecule has 1 aromatic heterocycles. The molecule has 0 aliphatic heterocycles. The monoisotopic (exact) mass is 223 g/mol. The lowest BCUT2D eigenvalue weighted by Gasteiger charge is -2.30. The average molecular weight is 223 g/mol. The number of hydrogen-bond acceptors (Lipinski definition) is 3. The Hall–Kier alpha value is -0.870. The Kier molecular flexibility index (Phi) is 3.04. The molecule has 1 aliphatic rings. The van der Waals surface area contributed by atoms with Gasteiger partial charge in [-0.25, -0.2) is 4.98 Å². The van der Waals surface area contributed by atoms with Crippen molar-refractivity contribution in [2.45, 2.75) is 57.2 Å². The summed E-state index contributed by atoms with van der Waals surface area (Å²) in [5.74, 6) is 0. The molecule has 1 aromatic rings. The van der Waals surface area contributed by atoms with Crippen LogP contribution < -0.4 is 5.73 Å². The standard InChI is InChI=1S/C12H21N3O/c1-12(2,13)11-7-14-8-15(11)9-3-5-10(16)6-4-9/h7-10,16H,3-6,13H2,1-2H3. The quantitative estimate of drug-likeness (QED) is 0.799. The molecule has 1 saturated carbocycles. The summed E-state index contributed by atoms with van der Waals surface area (Å²) < 4.78 is 2.19. The van der Waals surface area contributed by atoms with Crippen LogP contribution >= 0.6 is 0 Å². The number of aromatic nitrogens is 2. The molecule has 0 bridgehead atoms. The maximum atomic E-state index is 9.50. The van der Waals surface area contributed by atoms with Gasteiger partial charge in [0.2, 0.25) is 0 Å². The number of imidazole rings is 1. The molecule has 1 heterocycles. The fraction of sp³-hybridized carbons (Fsp3) is 0.750.